The quantitative estimate of drug-likeness (QED) is 0.332. The number of hydrogen-bond acceptors (Lipinski definition) is 2. The zero-order valence-electron chi connectivity index (χ0n) is 16.8. The molecule has 0 bridgehead atoms. The Morgan fingerprint density at radius 1 is 0.778 bits per heavy atom. The number of aliphatic imine (C=N–C) groups is 2. The molecule has 0 heterocycles. The maximum atomic E-state index is 5.01. The second-order valence-corrected chi connectivity index (χ2v) is 6.58. The Bertz CT molecular complexity index is 820. The van der Waals surface area contributed by atoms with Gasteiger partial charge in [0, 0.05) is 5.56 Å². The molecule has 0 amide bonds. The molecule has 2 nitrogen and oxygen atoms in total. The summed E-state index contributed by atoms with van der Waals surface area (Å²) in [4.78, 5) is 9.97. The molecule has 0 N–H and O–H groups in total. The zero-order valence-corrected chi connectivity index (χ0v) is 16.8. The highest BCUT2D eigenvalue weighted by Crippen LogP contribution is 2.19. The molecule has 0 aliphatic heterocycles. The molecule has 0 saturated carbocycles. The van der Waals surface area contributed by atoms with Crippen LogP contribution < -0.4 is 0 Å². The molecule has 2 heteroatoms. The van der Waals surface area contributed by atoms with Crippen LogP contribution in [0.3, 0.4) is 0 Å². The summed E-state index contributed by atoms with van der Waals surface area (Å²) < 4.78 is 0. The highest BCUT2D eigenvalue weighted by atomic mass is 14.8. The van der Waals surface area contributed by atoms with Crippen LogP contribution in [0.5, 0.6) is 0 Å². The van der Waals surface area contributed by atoms with Crippen molar-refractivity contribution in [2.24, 2.45) is 9.98 Å². The molecule has 140 valence electrons. The van der Waals surface area contributed by atoms with E-state index < -0.39 is 0 Å². The second kappa shape index (κ2) is 11.9. The minimum Gasteiger partial charge on any atom is -0.252 e. The molecule has 0 spiro atoms. The Hall–Kier alpha value is -2.66. The van der Waals surface area contributed by atoms with E-state index in [1.165, 1.54) is 0 Å². The van der Waals surface area contributed by atoms with Crippen molar-refractivity contribution >= 4 is 22.8 Å². The van der Waals surface area contributed by atoms with Gasteiger partial charge in [-0.25, -0.2) is 0 Å². The first-order valence-corrected chi connectivity index (χ1v) is 10.00. The Kier molecular flexibility index (Phi) is 9.07. The minimum absolute atomic E-state index is 0.954. The van der Waals surface area contributed by atoms with E-state index in [4.69, 9.17) is 9.98 Å². The van der Waals surface area contributed by atoms with Gasteiger partial charge < -0.3 is 0 Å². The van der Waals surface area contributed by atoms with Crippen molar-refractivity contribution in [3.63, 3.8) is 0 Å². The average Bonchev–Trinajstić information content (AvgIpc) is 2.70. The van der Waals surface area contributed by atoms with Crippen molar-refractivity contribution in [2.75, 3.05) is 0 Å². The minimum atomic E-state index is 0.954. The fourth-order valence-electron chi connectivity index (χ4n) is 2.83. The van der Waals surface area contributed by atoms with Gasteiger partial charge in [-0.1, -0.05) is 56.9 Å². The van der Waals surface area contributed by atoms with Crippen LogP contribution in [0.2, 0.25) is 0 Å². The molecule has 27 heavy (non-hydrogen) atoms. The number of nitrogens with zero attached hydrogens (tertiary/aromatic N) is 2. The predicted molar refractivity (Wildman–Crippen MR) is 119 cm³/mol. The van der Waals surface area contributed by atoms with Gasteiger partial charge in [-0.15, -0.1) is 5.92 Å². The van der Waals surface area contributed by atoms with Crippen LogP contribution in [-0.2, 0) is 0 Å². The van der Waals surface area contributed by atoms with E-state index in [1.54, 1.807) is 0 Å². The highest BCUT2D eigenvalue weighted by molar-refractivity contribution is 6.43. The van der Waals surface area contributed by atoms with E-state index in [-0.39, 0.29) is 0 Å². The van der Waals surface area contributed by atoms with Crippen LogP contribution in [0, 0.1) is 11.8 Å². The maximum Gasteiger partial charge on any atom is 0.0646 e. The monoisotopic (exact) mass is 358 g/mol. The molecule has 0 aliphatic rings. The highest BCUT2D eigenvalue weighted by Gasteiger charge is 2.10. The molecule has 0 atom stereocenters. The van der Waals surface area contributed by atoms with E-state index in [2.05, 4.69) is 43.9 Å². The van der Waals surface area contributed by atoms with Crippen molar-refractivity contribution in [3.05, 3.63) is 60.2 Å². The van der Waals surface area contributed by atoms with Gasteiger partial charge in [-0.05, 0) is 62.9 Å². The number of rotatable bonds is 9. The first kappa shape index (κ1) is 20.6. The molecular formula is C25H30N2. The Morgan fingerprint density at radius 3 is 1.96 bits per heavy atom. The second-order valence-electron chi connectivity index (χ2n) is 6.58. The van der Waals surface area contributed by atoms with E-state index in [0.29, 0.717) is 0 Å². The molecule has 0 fully saturated rings. The largest absolute Gasteiger partial charge is 0.252 e. The fourth-order valence-corrected chi connectivity index (χ4v) is 2.83. The summed E-state index contributed by atoms with van der Waals surface area (Å²) in [6, 6.07) is 18.4. The first-order chi connectivity index (χ1) is 13.3. The lowest BCUT2D eigenvalue weighted by Crippen LogP contribution is -2.14. The molecular weight excluding hydrogens is 328 g/mol. The van der Waals surface area contributed by atoms with Crippen LogP contribution in [0.25, 0.3) is 0 Å². The molecule has 0 saturated heterocycles. The summed E-state index contributed by atoms with van der Waals surface area (Å²) in [7, 11) is 0. The summed E-state index contributed by atoms with van der Waals surface area (Å²) in [6.45, 7) is 6.29. The zero-order chi connectivity index (χ0) is 19.3. The van der Waals surface area contributed by atoms with Crippen LogP contribution in [-0.4, -0.2) is 11.4 Å². The van der Waals surface area contributed by atoms with Gasteiger partial charge in [0.1, 0.15) is 0 Å². The standard InChI is InChI=1S/C25H30N2/c1-4-7-18-24(26-22-15-10-9-11-16-22)25(19-8-5-2)27-23-17-12-14-21(20-23)13-6-3/h9-12,14-17,20H,4-5,7-8,18-19H2,1-3H3. The Morgan fingerprint density at radius 2 is 1.37 bits per heavy atom. The maximum absolute atomic E-state index is 5.01. The van der Waals surface area contributed by atoms with Gasteiger partial charge in [0.15, 0.2) is 0 Å². The lowest BCUT2D eigenvalue weighted by molar-refractivity contribution is 0.824. The van der Waals surface area contributed by atoms with Crippen LogP contribution in [0.1, 0.15) is 64.9 Å². The summed E-state index contributed by atoms with van der Waals surface area (Å²) >= 11 is 0. The third kappa shape index (κ3) is 7.23. The van der Waals surface area contributed by atoms with Crippen molar-refractivity contribution in [2.45, 2.75) is 59.3 Å². The van der Waals surface area contributed by atoms with E-state index in [0.717, 1.165) is 66.9 Å². The molecule has 2 aromatic carbocycles. The molecule has 2 aromatic rings. The molecule has 0 radical (unpaired) electrons. The summed E-state index contributed by atoms with van der Waals surface area (Å²) in [5.41, 5.74) is 5.18. The number of hydrogen-bond donors (Lipinski definition) is 0. The SMILES string of the molecule is CC#Cc1cccc(N=C(CCCC)C(CCCC)=Nc2ccccc2)c1. The third-order valence-corrected chi connectivity index (χ3v) is 4.27. The normalized spacial score (nSPS) is 11.8. The van der Waals surface area contributed by atoms with Gasteiger partial charge in [0.05, 0.1) is 22.8 Å². The lowest BCUT2D eigenvalue weighted by Gasteiger charge is -2.11. The van der Waals surface area contributed by atoms with Crippen molar-refractivity contribution in [1.82, 2.24) is 0 Å². The van der Waals surface area contributed by atoms with Crippen LogP contribution in [0.4, 0.5) is 11.4 Å². The van der Waals surface area contributed by atoms with E-state index in [9.17, 15) is 0 Å². The summed E-state index contributed by atoms with van der Waals surface area (Å²) in [6.07, 6.45) is 6.45. The topological polar surface area (TPSA) is 24.7 Å². The van der Waals surface area contributed by atoms with Crippen LogP contribution >= 0.6 is 0 Å². The smallest absolute Gasteiger partial charge is 0.0646 e. The van der Waals surface area contributed by atoms with Gasteiger partial charge in [-0.2, -0.15) is 0 Å². The van der Waals surface area contributed by atoms with Gasteiger partial charge in [-0.3, -0.25) is 9.98 Å². The predicted octanol–water partition coefficient (Wildman–Crippen LogP) is 7.28. The van der Waals surface area contributed by atoms with Crippen molar-refractivity contribution < 1.29 is 0 Å². The number of benzene rings is 2. The molecule has 2 rings (SSSR count). The van der Waals surface area contributed by atoms with E-state index in [1.807, 2.05) is 43.3 Å². The number of unbranched alkanes of at least 4 members (excludes halogenated alkanes) is 2. The van der Waals surface area contributed by atoms with E-state index >= 15 is 0 Å². The lowest BCUT2D eigenvalue weighted by atomic mass is 10.0. The fraction of sp³-hybridized carbons (Fsp3) is 0.360. The molecule has 0 aliphatic carbocycles. The molecule has 0 aromatic heterocycles. The third-order valence-electron chi connectivity index (χ3n) is 4.27. The molecule has 0 unspecified atom stereocenters. The first-order valence-electron chi connectivity index (χ1n) is 10.00. The Labute approximate surface area is 164 Å². The summed E-state index contributed by atoms with van der Waals surface area (Å²) in [5, 5.41) is 0. The van der Waals surface area contributed by atoms with Crippen molar-refractivity contribution in [1.29, 1.82) is 0 Å². The Balaban J connectivity index is 2.43. The summed E-state index contributed by atoms with van der Waals surface area (Å²) in [5.74, 6) is 6.08. The van der Waals surface area contributed by atoms with Crippen LogP contribution in [0.15, 0.2) is 64.6 Å². The van der Waals surface area contributed by atoms with Gasteiger partial charge in [0.2, 0.25) is 0 Å². The van der Waals surface area contributed by atoms with Crippen molar-refractivity contribution in [3.8, 4) is 11.8 Å². The number of para-hydroxylation sites is 1. The van der Waals surface area contributed by atoms with Gasteiger partial charge in [0.25, 0.3) is 0 Å². The van der Waals surface area contributed by atoms with Gasteiger partial charge >= 0.3 is 0 Å². The average molecular weight is 359 g/mol.